The van der Waals surface area contributed by atoms with Gasteiger partial charge in [0.2, 0.25) is 0 Å². The fourth-order valence-electron chi connectivity index (χ4n) is 1.23. The average molecular weight is 231 g/mol. The van der Waals surface area contributed by atoms with Gasteiger partial charge in [0.05, 0.1) is 22.8 Å². The number of nitriles is 1. The highest BCUT2D eigenvalue weighted by molar-refractivity contribution is 5.97. The number of rotatable bonds is 1. The van der Waals surface area contributed by atoms with Crippen LogP contribution in [0.5, 0.6) is 0 Å². The molecule has 1 rings (SSSR count). The molecule has 1 aromatic carbocycles. The van der Waals surface area contributed by atoms with Crippen LogP contribution in [0, 0.1) is 17.1 Å². The number of carbonyl (C=O) groups excluding carboxylic acids is 1. The molecule has 0 spiro atoms. The van der Waals surface area contributed by atoms with Gasteiger partial charge in [0.15, 0.2) is 5.78 Å². The molecule has 0 aliphatic rings. The zero-order valence-corrected chi connectivity index (χ0v) is 8.02. The van der Waals surface area contributed by atoms with Gasteiger partial charge in [-0.05, 0) is 19.1 Å². The Kier molecular flexibility index (Phi) is 2.99. The molecule has 0 amide bonds. The van der Waals surface area contributed by atoms with E-state index in [1.807, 2.05) is 0 Å². The van der Waals surface area contributed by atoms with Crippen LogP contribution in [0.1, 0.15) is 28.4 Å². The summed E-state index contributed by atoms with van der Waals surface area (Å²) in [6.45, 7) is 0.902. The minimum absolute atomic E-state index is 0.405. The molecule has 0 heterocycles. The van der Waals surface area contributed by atoms with Crippen LogP contribution in [0.25, 0.3) is 0 Å². The van der Waals surface area contributed by atoms with Crippen LogP contribution in [0.2, 0.25) is 0 Å². The Bertz CT molecular complexity index is 485. The van der Waals surface area contributed by atoms with E-state index in [1.165, 1.54) is 6.07 Å². The zero-order chi connectivity index (χ0) is 12.5. The van der Waals surface area contributed by atoms with E-state index in [-0.39, 0.29) is 0 Å². The fourth-order valence-corrected chi connectivity index (χ4v) is 1.23. The molecule has 0 aliphatic carbocycles. The maximum Gasteiger partial charge on any atom is 0.419 e. The van der Waals surface area contributed by atoms with E-state index in [2.05, 4.69) is 0 Å². The van der Waals surface area contributed by atoms with Crippen molar-refractivity contribution in [3.05, 3.63) is 34.6 Å². The molecule has 0 aromatic heterocycles. The maximum absolute atomic E-state index is 13.4. The van der Waals surface area contributed by atoms with E-state index < -0.39 is 34.5 Å². The van der Waals surface area contributed by atoms with Gasteiger partial charge < -0.3 is 0 Å². The Morgan fingerprint density at radius 1 is 1.38 bits per heavy atom. The zero-order valence-electron chi connectivity index (χ0n) is 8.02. The lowest BCUT2D eigenvalue weighted by atomic mass is 10.0. The molecule has 0 saturated carbocycles. The van der Waals surface area contributed by atoms with Gasteiger partial charge in [-0.3, -0.25) is 4.79 Å². The Labute approximate surface area is 88.1 Å². The summed E-state index contributed by atoms with van der Waals surface area (Å²) in [6.07, 6.45) is -4.89. The van der Waals surface area contributed by atoms with Crippen molar-refractivity contribution in [2.45, 2.75) is 13.1 Å². The highest BCUT2D eigenvalue weighted by atomic mass is 19.4. The smallest absolute Gasteiger partial charge is 0.294 e. The summed E-state index contributed by atoms with van der Waals surface area (Å²) < 4.78 is 50.3. The van der Waals surface area contributed by atoms with Crippen molar-refractivity contribution in [1.82, 2.24) is 0 Å². The van der Waals surface area contributed by atoms with Gasteiger partial charge in [0.25, 0.3) is 0 Å². The molecule has 1 aromatic rings. The second-order valence-electron chi connectivity index (χ2n) is 3.02. The van der Waals surface area contributed by atoms with Crippen molar-refractivity contribution in [3.8, 4) is 6.07 Å². The monoisotopic (exact) mass is 231 g/mol. The van der Waals surface area contributed by atoms with Crippen LogP contribution in [-0.2, 0) is 6.18 Å². The van der Waals surface area contributed by atoms with E-state index in [4.69, 9.17) is 5.26 Å². The third-order valence-corrected chi connectivity index (χ3v) is 1.92. The van der Waals surface area contributed by atoms with Gasteiger partial charge in [-0.1, -0.05) is 0 Å². The normalized spacial score (nSPS) is 11.0. The van der Waals surface area contributed by atoms with E-state index in [0.717, 1.165) is 13.0 Å². The molecule has 0 saturated heterocycles. The van der Waals surface area contributed by atoms with Crippen molar-refractivity contribution in [3.63, 3.8) is 0 Å². The van der Waals surface area contributed by atoms with Crippen LogP contribution in [0.4, 0.5) is 17.6 Å². The largest absolute Gasteiger partial charge is 0.419 e. The van der Waals surface area contributed by atoms with Gasteiger partial charge in [-0.25, -0.2) is 4.39 Å². The van der Waals surface area contributed by atoms with Gasteiger partial charge in [0.1, 0.15) is 5.82 Å². The molecule has 84 valence electrons. The summed E-state index contributed by atoms with van der Waals surface area (Å²) in [4.78, 5) is 11.0. The third-order valence-electron chi connectivity index (χ3n) is 1.92. The first-order chi connectivity index (χ1) is 7.29. The molecule has 0 fully saturated rings. The number of hydrogen-bond donors (Lipinski definition) is 0. The van der Waals surface area contributed by atoms with Gasteiger partial charge in [-0.15, -0.1) is 0 Å². The number of benzene rings is 1. The van der Waals surface area contributed by atoms with Crippen molar-refractivity contribution in [2.75, 3.05) is 0 Å². The van der Waals surface area contributed by atoms with Crippen molar-refractivity contribution < 1.29 is 22.4 Å². The molecular weight excluding hydrogens is 226 g/mol. The van der Waals surface area contributed by atoms with E-state index in [0.29, 0.717) is 6.07 Å². The van der Waals surface area contributed by atoms with Crippen molar-refractivity contribution >= 4 is 5.78 Å². The first-order valence-electron chi connectivity index (χ1n) is 4.09. The number of halogens is 4. The molecule has 2 nitrogen and oxygen atoms in total. The second kappa shape index (κ2) is 3.93. The Balaban J connectivity index is 3.58. The predicted molar refractivity (Wildman–Crippen MR) is 46.1 cm³/mol. The fraction of sp³-hybridized carbons (Fsp3) is 0.200. The van der Waals surface area contributed by atoms with Crippen molar-refractivity contribution in [2.24, 2.45) is 0 Å². The molecule has 0 N–H and O–H groups in total. The van der Waals surface area contributed by atoms with E-state index in [1.54, 1.807) is 0 Å². The Morgan fingerprint density at radius 2 is 1.94 bits per heavy atom. The van der Waals surface area contributed by atoms with Crippen LogP contribution in [0.3, 0.4) is 0 Å². The molecule has 0 bridgehead atoms. The van der Waals surface area contributed by atoms with Gasteiger partial charge in [-0.2, -0.15) is 18.4 Å². The highest BCUT2D eigenvalue weighted by Gasteiger charge is 2.36. The minimum Gasteiger partial charge on any atom is -0.294 e. The molecule has 0 unspecified atom stereocenters. The second-order valence-corrected chi connectivity index (χ2v) is 3.02. The summed E-state index contributed by atoms with van der Waals surface area (Å²) in [6, 6.07) is 2.69. The summed E-state index contributed by atoms with van der Waals surface area (Å²) in [5, 5.41) is 8.54. The SMILES string of the molecule is CC(=O)c1c(C#N)ccc(C(F)(F)F)c1F. The van der Waals surface area contributed by atoms with Crippen LogP contribution in [-0.4, -0.2) is 5.78 Å². The number of ketones is 1. The number of hydrogen-bond acceptors (Lipinski definition) is 2. The number of carbonyl (C=O) groups is 1. The molecule has 0 aliphatic heterocycles. The average Bonchev–Trinajstić information content (AvgIpc) is 2.14. The first kappa shape index (κ1) is 12.2. The number of alkyl halides is 3. The minimum atomic E-state index is -4.89. The molecule has 16 heavy (non-hydrogen) atoms. The standard InChI is InChI=1S/C10H5F4NO/c1-5(16)8-6(4-15)2-3-7(9(8)11)10(12,13)14/h2-3H,1H3. The topological polar surface area (TPSA) is 40.9 Å². The van der Waals surface area contributed by atoms with Gasteiger partial charge in [0, 0.05) is 0 Å². The quantitative estimate of drug-likeness (QED) is 0.550. The lowest BCUT2D eigenvalue weighted by molar-refractivity contribution is -0.140. The lowest BCUT2D eigenvalue weighted by Crippen LogP contribution is -2.13. The molecule has 6 heteroatoms. The molecular formula is C10H5F4NO. The summed E-state index contributed by atoms with van der Waals surface area (Å²) in [5.41, 5.74) is -2.77. The predicted octanol–water partition coefficient (Wildman–Crippen LogP) is 2.92. The summed E-state index contributed by atoms with van der Waals surface area (Å²) >= 11 is 0. The van der Waals surface area contributed by atoms with Crippen LogP contribution < -0.4 is 0 Å². The van der Waals surface area contributed by atoms with Crippen LogP contribution in [0.15, 0.2) is 12.1 Å². The van der Waals surface area contributed by atoms with E-state index in [9.17, 15) is 22.4 Å². The number of Topliss-reactive ketones (excluding diaryl/α,β-unsaturated/α-hetero) is 1. The Hall–Kier alpha value is -1.90. The van der Waals surface area contributed by atoms with E-state index >= 15 is 0 Å². The lowest BCUT2D eigenvalue weighted by Gasteiger charge is -2.10. The highest BCUT2D eigenvalue weighted by Crippen LogP contribution is 2.33. The third kappa shape index (κ3) is 2.03. The molecule has 0 radical (unpaired) electrons. The maximum atomic E-state index is 13.4. The van der Waals surface area contributed by atoms with Gasteiger partial charge >= 0.3 is 6.18 Å². The number of nitrogens with zero attached hydrogens (tertiary/aromatic N) is 1. The van der Waals surface area contributed by atoms with Crippen molar-refractivity contribution in [1.29, 1.82) is 5.26 Å². The first-order valence-corrected chi connectivity index (χ1v) is 4.09. The summed E-state index contributed by atoms with van der Waals surface area (Å²) in [5.74, 6) is -2.61. The summed E-state index contributed by atoms with van der Waals surface area (Å²) in [7, 11) is 0. The van der Waals surface area contributed by atoms with Crippen LogP contribution >= 0.6 is 0 Å². The molecule has 0 atom stereocenters. The Morgan fingerprint density at radius 3 is 2.31 bits per heavy atom.